The highest BCUT2D eigenvalue weighted by atomic mass is 35.5. The Kier molecular flexibility index (Phi) is 3.60. The summed E-state index contributed by atoms with van der Waals surface area (Å²) >= 11 is 5.78. The van der Waals surface area contributed by atoms with Gasteiger partial charge in [0.25, 0.3) is 0 Å². The molecule has 0 aliphatic carbocycles. The Morgan fingerprint density at radius 1 is 1.28 bits per heavy atom. The number of nitriles is 1. The van der Waals surface area contributed by atoms with E-state index in [0.717, 1.165) is 5.56 Å². The normalized spacial score (nSPS) is 9.78. The number of hydrogen-bond donors (Lipinski definition) is 1. The first-order chi connectivity index (χ1) is 8.70. The lowest BCUT2D eigenvalue weighted by Gasteiger charge is -2.07. The zero-order valence-electron chi connectivity index (χ0n) is 9.30. The second kappa shape index (κ2) is 5.34. The highest BCUT2D eigenvalue weighted by Crippen LogP contribution is 2.23. The Morgan fingerprint density at radius 2 is 2.00 bits per heavy atom. The molecule has 0 saturated heterocycles. The molecule has 2 aromatic rings. The minimum Gasteiger partial charge on any atom is -0.472 e. The summed E-state index contributed by atoms with van der Waals surface area (Å²) in [5.41, 5.74) is 6.49. The number of nitrogen functional groups attached to an aromatic ring is 1. The minimum atomic E-state index is -0.0259. The van der Waals surface area contributed by atoms with Gasteiger partial charge in [-0.3, -0.25) is 0 Å². The molecule has 0 aliphatic rings. The van der Waals surface area contributed by atoms with Gasteiger partial charge in [-0.25, -0.2) is 0 Å². The van der Waals surface area contributed by atoms with Crippen LogP contribution in [0.3, 0.4) is 0 Å². The molecule has 0 unspecified atom stereocenters. The molecule has 0 amide bonds. The first kappa shape index (κ1) is 12.1. The summed E-state index contributed by atoms with van der Waals surface area (Å²) in [7, 11) is 0. The Labute approximate surface area is 109 Å². The van der Waals surface area contributed by atoms with Gasteiger partial charge < -0.3 is 10.5 Å². The molecule has 0 atom stereocenters. The number of aromatic nitrogens is 2. The van der Waals surface area contributed by atoms with E-state index in [0.29, 0.717) is 0 Å². The largest absolute Gasteiger partial charge is 0.472 e. The maximum absolute atomic E-state index is 8.95. The average molecular weight is 261 g/mol. The standard InChI is InChI=1S/C12H9ClN4O/c13-10-9(6-14)11(17-12(15)16-10)18-7-8-4-2-1-3-5-8/h1-5H,7H2,(H2,15,16,17). The molecule has 1 aromatic carbocycles. The molecular weight excluding hydrogens is 252 g/mol. The van der Waals surface area contributed by atoms with Gasteiger partial charge >= 0.3 is 0 Å². The van der Waals surface area contributed by atoms with Gasteiger partial charge in [0, 0.05) is 0 Å². The third kappa shape index (κ3) is 2.67. The van der Waals surface area contributed by atoms with Gasteiger partial charge in [0.2, 0.25) is 11.8 Å². The van der Waals surface area contributed by atoms with E-state index in [1.165, 1.54) is 0 Å². The van der Waals surface area contributed by atoms with E-state index >= 15 is 0 Å². The van der Waals surface area contributed by atoms with Crippen molar-refractivity contribution in [3.63, 3.8) is 0 Å². The van der Waals surface area contributed by atoms with Crippen LogP contribution in [-0.4, -0.2) is 9.97 Å². The topological polar surface area (TPSA) is 84.8 Å². The van der Waals surface area contributed by atoms with Crippen molar-refractivity contribution < 1.29 is 4.74 Å². The van der Waals surface area contributed by atoms with Crippen molar-refractivity contribution in [2.45, 2.75) is 6.61 Å². The number of benzene rings is 1. The number of hydrogen-bond acceptors (Lipinski definition) is 5. The summed E-state index contributed by atoms with van der Waals surface area (Å²) < 4.78 is 5.44. The Balaban J connectivity index is 2.22. The molecule has 0 spiro atoms. The van der Waals surface area contributed by atoms with E-state index < -0.39 is 0 Å². The van der Waals surface area contributed by atoms with E-state index in [9.17, 15) is 0 Å². The third-order valence-electron chi connectivity index (χ3n) is 2.18. The Morgan fingerprint density at radius 3 is 2.67 bits per heavy atom. The van der Waals surface area contributed by atoms with Crippen molar-refractivity contribution in [1.82, 2.24) is 9.97 Å². The SMILES string of the molecule is N#Cc1c(Cl)nc(N)nc1OCc1ccccc1. The van der Waals surface area contributed by atoms with E-state index in [4.69, 9.17) is 27.3 Å². The minimum absolute atomic E-state index is 0.00642. The monoisotopic (exact) mass is 260 g/mol. The summed E-state index contributed by atoms with van der Waals surface area (Å²) in [6.45, 7) is 0.280. The maximum atomic E-state index is 8.95. The Hall–Kier alpha value is -2.32. The highest BCUT2D eigenvalue weighted by molar-refractivity contribution is 6.30. The molecule has 1 aromatic heterocycles. The third-order valence-corrected chi connectivity index (χ3v) is 2.45. The van der Waals surface area contributed by atoms with Crippen molar-refractivity contribution >= 4 is 17.5 Å². The fourth-order valence-electron chi connectivity index (χ4n) is 1.35. The number of nitrogens with two attached hydrogens (primary N) is 1. The molecule has 18 heavy (non-hydrogen) atoms. The van der Waals surface area contributed by atoms with Crippen LogP contribution < -0.4 is 10.5 Å². The predicted molar refractivity (Wildman–Crippen MR) is 66.9 cm³/mol. The number of nitrogens with zero attached hydrogens (tertiary/aromatic N) is 3. The van der Waals surface area contributed by atoms with E-state index in [1.807, 2.05) is 36.4 Å². The van der Waals surface area contributed by atoms with Gasteiger partial charge in [-0.2, -0.15) is 15.2 Å². The van der Waals surface area contributed by atoms with Crippen LogP contribution in [0.1, 0.15) is 11.1 Å². The molecule has 0 fully saturated rings. The molecule has 1 heterocycles. The van der Waals surface area contributed by atoms with Crippen molar-refractivity contribution in [2.24, 2.45) is 0 Å². The van der Waals surface area contributed by atoms with Crippen LogP contribution >= 0.6 is 11.6 Å². The summed E-state index contributed by atoms with van der Waals surface area (Å²) in [5.74, 6) is 0.0703. The summed E-state index contributed by atoms with van der Waals surface area (Å²) in [6, 6.07) is 11.4. The fourth-order valence-corrected chi connectivity index (χ4v) is 1.56. The van der Waals surface area contributed by atoms with Gasteiger partial charge in [0.1, 0.15) is 12.7 Å². The number of halogens is 1. The van der Waals surface area contributed by atoms with Crippen LogP contribution in [-0.2, 0) is 6.61 Å². The second-order valence-electron chi connectivity index (χ2n) is 3.44. The highest BCUT2D eigenvalue weighted by Gasteiger charge is 2.13. The first-order valence-electron chi connectivity index (χ1n) is 5.10. The number of rotatable bonds is 3. The van der Waals surface area contributed by atoms with Crippen molar-refractivity contribution in [3.05, 3.63) is 46.6 Å². The zero-order valence-corrected chi connectivity index (χ0v) is 10.1. The first-order valence-corrected chi connectivity index (χ1v) is 5.48. The lowest BCUT2D eigenvalue weighted by atomic mass is 10.2. The lowest BCUT2D eigenvalue weighted by Crippen LogP contribution is -2.04. The lowest BCUT2D eigenvalue weighted by molar-refractivity contribution is 0.293. The van der Waals surface area contributed by atoms with Gasteiger partial charge in [-0.05, 0) is 5.56 Å². The zero-order chi connectivity index (χ0) is 13.0. The van der Waals surface area contributed by atoms with Crippen molar-refractivity contribution in [3.8, 4) is 11.9 Å². The van der Waals surface area contributed by atoms with Crippen LogP contribution in [0, 0.1) is 11.3 Å². The molecule has 5 nitrogen and oxygen atoms in total. The van der Waals surface area contributed by atoms with Crippen LogP contribution in [0.5, 0.6) is 5.88 Å². The van der Waals surface area contributed by atoms with Gasteiger partial charge in [0.05, 0.1) is 0 Å². The molecule has 2 N–H and O–H groups in total. The molecule has 0 saturated carbocycles. The van der Waals surface area contributed by atoms with E-state index in [1.54, 1.807) is 0 Å². The quantitative estimate of drug-likeness (QED) is 0.855. The van der Waals surface area contributed by atoms with Crippen LogP contribution in [0.4, 0.5) is 5.95 Å². The Bertz CT molecular complexity index is 595. The van der Waals surface area contributed by atoms with Crippen LogP contribution in [0.25, 0.3) is 0 Å². The molecule has 2 rings (SSSR count). The molecular formula is C12H9ClN4O. The molecule has 0 radical (unpaired) electrons. The van der Waals surface area contributed by atoms with Crippen LogP contribution in [0.15, 0.2) is 30.3 Å². The summed E-state index contributed by atoms with van der Waals surface area (Å²) in [6.07, 6.45) is 0. The van der Waals surface area contributed by atoms with Gasteiger partial charge in [0.15, 0.2) is 10.7 Å². The molecule has 6 heteroatoms. The van der Waals surface area contributed by atoms with Crippen molar-refractivity contribution in [2.75, 3.05) is 5.73 Å². The second-order valence-corrected chi connectivity index (χ2v) is 3.80. The van der Waals surface area contributed by atoms with E-state index in [2.05, 4.69) is 9.97 Å². The molecule has 0 bridgehead atoms. The van der Waals surface area contributed by atoms with Crippen LogP contribution in [0.2, 0.25) is 5.15 Å². The number of ether oxygens (including phenoxy) is 1. The summed E-state index contributed by atoms with van der Waals surface area (Å²) in [5, 5.41) is 8.95. The average Bonchev–Trinajstić information content (AvgIpc) is 2.37. The molecule has 0 aliphatic heterocycles. The predicted octanol–water partition coefficient (Wildman–Crippen LogP) is 2.16. The van der Waals surface area contributed by atoms with Gasteiger partial charge in [-0.1, -0.05) is 41.9 Å². The van der Waals surface area contributed by atoms with Crippen molar-refractivity contribution in [1.29, 1.82) is 5.26 Å². The van der Waals surface area contributed by atoms with E-state index in [-0.39, 0.29) is 29.2 Å². The maximum Gasteiger partial charge on any atom is 0.238 e. The summed E-state index contributed by atoms with van der Waals surface area (Å²) in [4.78, 5) is 7.55. The van der Waals surface area contributed by atoms with Gasteiger partial charge in [-0.15, -0.1) is 0 Å². The molecule has 90 valence electrons. The fraction of sp³-hybridized carbons (Fsp3) is 0.0833. The smallest absolute Gasteiger partial charge is 0.238 e. The number of anilines is 1.